The number of pyridine rings is 1. The molecule has 0 bridgehead atoms. The molecule has 0 aromatic carbocycles. The summed E-state index contributed by atoms with van der Waals surface area (Å²) >= 11 is 6.28. The van der Waals surface area contributed by atoms with Crippen molar-refractivity contribution in [1.29, 1.82) is 0 Å². The number of nitrogens with zero attached hydrogens (tertiary/aromatic N) is 3. The first kappa shape index (κ1) is 14.8. The number of hydrogen-bond acceptors (Lipinski definition) is 4. The van der Waals surface area contributed by atoms with E-state index in [1.165, 1.54) is 0 Å². The zero-order valence-corrected chi connectivity index (χ0v) is 12.7. The highest BCUT2D eigenvalue weighted by atomic mass is 35.5. The van der Waals surface area contributed by atoms with Crippen LogP contribution in [-0.4, -0.2) is 28.4 Å². The highest BCUT2D eigenvalue weighted by Gasteiger charge is 2.23. The van der Waals surface area contributed by atoms with Gasteiger partial charge in [0.05, 0.1) is 30.1 Å². The molecule has 0 aliphatic rings. The van der Waals surface area contributed by atoms with Crippen LogP contribution in [0, 0.1) is 0 Å². The fraction of sp³-hybridized carbons (Fsp3) is 0.429. The lowest BCUT2D eigenvalue weighted by molar-refractivity contribution is 0.385. The average molecular weight is 295 g/mol. The van der Waals surface area contributed by atoms with E-state index in [9.17, 15) is 0 Å². The van der Waals surface area contributed by atoms with Crippen LogP contribution in [0.2, 0.25) is 5.02 Å². The molecule has 1 N–H and O–H groups in total. The topological polar surface area (TPSA) is 52.0 Å². The molecule has 0 saturated carbocycles. The molecule has 6 heteroatoms. The Kier molecular flexibility index (Phi) is 4.98. The van der Waals surface area contributed by atoms with Gasteiger partial charge in [0.15, 0.2) is 0 Å². The van der Waals surface area contributed by atoms with Crippen molar-refractivity contribution in [3.05, 3.63) is 40.8 Å². The van der Waals surface area contributed by atoms with Crippen LogP contribution in [0.4, 0.5) is 0 Å². The molecule has 0 fully saturated rings. The largest absolute Gasteiger partial charge is 0.481 e. The molecule has 2 aromatic rings. The van der Waals surface area contributed by atoms with E-state index in [-0.39, 0.29) is 6.04 Å². The summed E-state index contributed by atoms with van der Waals surface area (Å²) < 4.78 is 7.14. The zero-order chi connectivity index (χ0) is 14.5. The molecule has 0 aliphatic carbocycles. The van der Waals surface area contributed by atoms with E-state index in [1.807, 2.05) is 19.2 Å². The zero-order valence-electron chi connectivity index (χ0n) is 11.9. The summed E-state index contributed by atoms with van der Waals surface area (Å²) in [5.74, 6) is 0.596. The van der Waals surface area contributed by atoms with Gasteiger partial charge >= 0.3 is 0 Å². The minimum absolute atomic E-state index is 0.0985. The average Bonchev–Trinajstić information content (AvgIpc) is 2.80. The molecule has 2 aromatic heterocycles. The summed E-state index contributed by atoms with van der Waals surface area (Å²) in [6.45, 7) is 2.99. The van der Waals surface area contributed by atoms with Crippen LogP contribution >= 0.6 is 11.6 Å². The van der Waals surface area contributed by atoms with Gasteiger partial charge in [0.1, 0.15) is 0 Å². The number of halogens is 1. The molecular weight excluding hydrogens is 276 g/mol. The maximum atomic E-state index is 6.28. The Labute approximate surface area is 123 Å². The smallest absolute Gasteiger partial charge is 0.218 e. The van der Waals surface area contributed by atoms with Crippen LogP contribution < -0.4 is 10.1 Å². The van der Waals surface area contributed by atoms with E-state index >= 15 is 0 Å². The third kappa shape index (κ3) is 2.94. The van der Waals surface area contributed by atoms with Crippen LogP contribution in [0.3, 0.4) is 0 Å². The van der Waals surface area contributed by atoms with Crippen LogP contribution in [-0.2, 0) is 7.05 Å². The van der Waals surface area contributed by atoms with Gasteiger partial charge < -0.3 is 10.1 Å². The molecule has 2 heterocycles. The predicted molar refractivity (Wildman–Crippen MR) is 79.1 cm³/mol. The highest BCUT2D eigenvalue weighted by molar-refractivity contribution is 6.31. The van der Waals surface area contributed by atoms with E-state index in [0.29, 0.717) is 10.9 Å². The monoisotopic (exact) mass is 294 g/mol. The number of methoxy groups -OCH3 is 1. The van der Waals surface area contributed by atoms with Gasteiger partial charge in [-0.05, 0) is 19.0 Å². The Morgan fingerprint density at radius 3 is 2.90 bits per heavy atom. The SMILES string of the molecule is CCCNC(c1cccnc1OC)c1c(Cl)cnn1C. The molecule has 1 unspecified atom stereocenters. The lowest BCUT2D eigenvalue weighted by atomic mass is 10.0. The second-order valence-corrected chi connectivity index (χ2v) is 4.90. The van der Waals surface area contributed by atoms with E-state index in [2.05, 4.69) is 22.3 Å². The number of aryl methyl sites for hydroxylation is 1. The number of hydrogen-bond donors (Lipinski definition) is 1. The Hall–Kier alpha value is -1.59. The molecule has 0 radical (unpaired) electrons. The molecule has 1 atom stereocenters. The van der Waals surface area contributed by atoms with Crippen LogP contribution in [0.15, 0.2) is 24.5 Å². The summed E-state index contributed by atoms with van der Waals surface area (Å²) in [6, 6.07) is 3.78. The van der Waals surface area contributed by atoms with Crippen molar-refractivity contribution in [3.8, 4) is 5.88 Å². The minimum Gasteiger partial charge on any atom is -0.481 e. The molecule has 0 amide bonds. The van der Waals surface area contributed by atoms with Crippen molar-refractivity contribution in [3.63, 3.8) is 0 Å². The first-order chi connectivity index (χ1) is 9.69. The van der Waals surface area contributed by atoms with Gasteiger partial charge in [0, 0.05) is 18.8 Å². The number of rotatable bonds is 6. The third-order valence-electron chi connectivity index (χ3n) is 3.11. The van der Waals surface area contributed by atoms with E-state index in [0.717, 1.165) is 24.2 Å². The molecule has 20 heavy (non-hydrogen) atoms. The second kappa shape index (κ2) is 6.72. The molecule has 2 rings (SSSR count). The molecular formula is C14H19ClN4O. The normalized spacial score (nSPS) is 12.4. The van der Waals surface area contributed by atoms with Crippen molar-refractivity contribution in [2.45, 2.75) is 19.4 Å². The Balaban J connectivity index is 2.47. The molecule has 0 spiro atoms. The number of ether oxygens (including phenoxy) is 1. The van der Waals surface area contributed by atoms with Gasteiger partial charge in [0.2, 0.25) is 5.88 Å². The maximum Gasteiger partial charge on any atom is 0.218 e. The van der Waals surface area contributed by atoms with Gasteiger partial charge in [0.25, 0.3) is 0 Å². The van der Waals surface area contributed by atoms with Crippen LogP contribution in [0.5, 0.6) is 5.88 Å². The molecule has 0 saturated heterocycles. The first-order valence-corrected chi connectivity index (χ1v) is 6.96. The predicted octanol–water partition coefficient (Wildman–Crippen LogP) is 2.57. The summed E-state index contributed by atoms with van der Waals surface area (Å²) in [6.07, 6.45) is 4.39. The lowest BCUT2D eigenvalue weighted by Gasteiger charge is -2.21. The first-order valence-electron chi connectivity index (χ1n) is 6.58. The number of nitrogens with one attached hydrogen (secondary N) is 1. The third-order valence-corrected chi connectivity index (χ3v) is 3.41. The molecule has 108 valence electrons. The fourth-order valence-corrected chi connectivity index (χ4v) is 2.46. The maximum absolute atomic E-state index is 6.28. The van der Waals surface area contributed by atoms with Crippen LogP contribution in [0.1, 0.15) is 30.6 Å². The van der Waals surface area contributed by atoms with Gasteiger partial charge in [-0.25, -0.2) is 4.98 Å². The molecule has 0 aliphatic heterocycles. The Morgan fingerprint density at radius 2 is 2.30 bits per heavy atom. The summed E-state index contributed by atoms with van der Waals surface area (Å²) in [5.41, 5.74) is 1.86. The quantitative estimate of drug-likeness (QED) is 0.889. The lowest BCUT2D eigenvalue weighted by Crippen LogP contribution is -2.26. The van der Waals surface area contributed by atoms with E-state index in [4.69, 9.17) is 16.3 Å². The van der Waals surface area contributed by atoms with Crippen LogP contribution in [0.25, 0.3) is 0 Å². The minimum atomic E-state index is -0.0985. The fourth-order valence-electron chi connectivity index (χ4n) is 2.18. The summed E-state index contributed by atoms with van der Waals surface area (Å²) in [7, 11) is 3.50. The van der Waals surface area contributed by atoms with Gasteiger partial charge in [-0.1, -0.05) is 24.6 Å². The Morgan fingerprint density at radius 1 is 1.50 bits per heavy atom. The molecule has 5 nitrogen and oxygen atoms in total. The van der Waals surface area contributed by atoms with E-state index < -0.39 is 0 Å². The van der Waals surface area contributed by atoms with Crippen molar-refractivity contribution in [2.24, 2.45) is 7.05 Å². The standard InChI is InChI=1S/C14H19ClN4O/c1-4-7-16-12(13-11(15)9-18-19(13)2)10-6-5-8-17-14(10)20-3/h5-6,8-9,12,16H,4,7H2,1-3H3. The summed E-state index contributed by atoms with van der Waals surface area (Å²) in [5, 5.41) is 8.32. The van der Waals surface area contributed by atoms with Gasteiger partial charge in [-0.15, -0.1) is 0 Å². The van der Waals surface area contributed by atoms with Gasteiger partial charge in [-0.2, -0.15) is 5.10 Å². The van der Waals surface area contributed by atoms with Crippen molar-refractivity contribution < 1.29 is 4.74 Å². The Bertz CT molecular complexity index is 551. The van der Waals surface area contributed by atoms with Crippen molar-refractivity contribution >= 4 is 11.6 Å². The van der Waals surface area contributed by atoms with Crippen molar-refractivity contribution in [2.75, 3.05) is 13.7 Å². The van der Waals surface area contributed by atoms with Gasteiger partial charge in [-0.3, -0.25) is 4.68 Å². The van der Waals surface area contributed by atoms with E-state index in [1.54, 1.807) is 24.2 Å². The van der Waals surface area contributed by atoms with Crippen molar-refractivity contribution in [1.82, 2.24) is 20.1 Å². The highest BCUT2D eigenvalue weighted by Crippen LogP contribution is 2.31. The summed E-state index contributed by atoms with van der Waals surface area (Å²) in [4.78, 5) is 4.26. The second-order valence-electron chi connectivity index (χ2n) is 4.49. The number of aromatic nitrogens is 3.